The average Bonchev–Trinajstić information content (AvgIpc) is 2.01. The van der Waals surface area contributed by atoms with Crippen molar-refractivity contribution in [3.63, 3.8) is 0 Å². The zero-order valence-corrected chi connectivity index (χ0v) is 10.3. The Morgan fingerprint density at radius 2 is 2.07 bits per heavy atom. The molecular formula is C14H24. The van der Waals surface area contributed by atoms with E-state index in [0.29, 0.717) is 17.3 Å². The van der Waals surface area contributed by atoms with Crippen molar-refractivity contribution in [3.8, 4) is 0 Å². The molecule has 1 atom stereocenters. The van der Waals surface area contributed by atoms with Gasteiger partial charge in [0, 0.05) is 5.92 Å². The molecule has 0 aromatic rings. The normalized spacial score (nSPS) is 27.0. The third-order valence-corrected chi connectivity index (χ3v) is 3.28. The Hall–Kier alpha value is -0.520. The highest BCUT2D eigenvalue weighted by Gasteiger charge is 2.30. The Kier molecular flexibility index (Phi) is 3.58. The van der Waals surface area contributed by atoms with E-state index in [1.165, 1.54) is 12.8 Å². The van der Waals surface area contributed by atoms with Crippen LogP contribution in [-0.4, -0.2) is 0 Å². The molecule has 0 saturated heterocycles. The first kappa shape index (κ1) is 11.6. The highest BCUT2D eigenvalue weighted by molar-refractivity contribution is 5.18. The maximum absolute atomic E-state index is 2.41. The van der Waals surface area contributed by atoms with Crippen LogP contribution < -0.4 is 0 Å². The fourth-order valence-corrected chi connectivity index (χ4v) is 2.32. The van der Waals surface area contributed by atoms with Gasteiger partial charge in [0.1, 0.15) is 0 Å². The minimum absolute atomic E-state index is 0.449. The van der Waals surface area contributed by atoms with Crippen LogP contribution in [0.4, 0.5) is 0 Å². The Bertz CT molecular complexity index is 241. The quantitative estimate of drug-likeness (QED) is 0.562. The van der Waals surface area contributed by atoms with E-state index in [9.17, 15) is 0 Å². The molecule has 0 aliphatic heterocycles. The van der Waals surface area contributed by atoms with Gasteiger partial charge in [0.2, 0.25) is 0 Å². The second kappa shape index (κ2) is 4.33. The third-order valence-electron chi connectivity index (χ3n) is 3.28. The summed E-state index contributed by atoms with van der Waals surface area (Å²) in [4.78, 5) is 0. The first-order valence-electron chi connectivity index (χ1n) is 5.78. The van der Waals surface area contributed by atoms with Crippen LogP contribution in [0.1, 0.15) is 47.5 Å². The van der Waals surface area contributed by atoms with Crippen molar-refractivity contribution in [2.75, 3.05) is 0 Å². The lowest BCUT2D eigenvalue weighted by Gasteiger charge is -2.36. The molecule has 0 bridgehead atoms. The van der Waals surface area contributed by atoms with Gasteiger partial charge < -0.3 is 0 Å². The third kappa shape index (κ3) is 2.73. The van der Waals surface area contributed by atoms with Crippen LogP contribution in [0.2, 0.25) is 0 Å². The van der Waals surface area contributed by atoms with Crippen molar-refractivity contribution in [2.45, 2.75) is 47.5 Å². The van der Waals surface area contributed by atoms with Gasteiger partial charge in [-0.1, -0.05) is 51.5 Å². The van der Waals surface area contributed by atoms with Crippen molar-refractivity contribution in [1.29, 1.82) is 0 Å². The Morgan fingerprint density at radius 3 is 2.57 bits per heavy atom. The molecule has 0 heteroatoms. The zero-order chi connectivity index (χ0) is 10.8. The maximum Gasteiger partial charge on any atom is 0.00254 e. The van der Waals surface area contributed by atoms with Gasteiger partial charge in [0.05, 0.1) is 0 Å². The maximum atomic E-state index is 2.41. The van der Waals surface area contributed by atoms with Crippen LogP contribution >= 0.6 is 0 Å². The number of rotatable bonds is 2. The number of allylic oxidation sites excluding steroid dienone is 4. The van der Waals surface area contributed by atoms with E-state index in [-0.39, 0.29) is 0 Å². The molecule has 0 heterocycles. The molecule has 1 aliphatic rings. The van der Waals surface area contributed by atoms with Crippen LogP contribution in [0.15, 0.2) is 23.8 Å². The van der Waals surface area contributed by atoms with Gasteiger partial charge in [-0.15, -0.1) is 0 Å². The number of hydrogen-bond acceptors (Lipinski definition) is 0. The minimum atomic E-state index is 0.449. The molecule has 1 unspecified atom stereocenters. The fraction of sp³-hybridized carbons (Fsp3) is 0.714. The Labute approximate surface area is 89.1 Å². The molecule has 0 nitrogen and oxygen atoms in total. The molecule has 14 heavy (non-hydrogen) atoms. The van der Waals surface area contributed by atoms with Crippen LogP contribution in [0.5, 0.6) is 0 Å². The molecular weight excluding hydrogens is 168 g/mol. The highest BCUT2D eigenvalue weighted by atomic mass is 14.3. The predicted octanol–water partition coefficient (Wildman–Crippen LogP) is 4.58. The SMILES string of the molecule is CC1=CCCC(C)(C)C1/C=C/C(C)C. The van der Waals surface area contributed by atoms with Crippen molar-refractivity contribution >= 4 is 0 Å². The van der Waals surface area contributed by atoms with Crippen molar-refractivity contribution in [2.24, 2.45) is 17.3 Å². The first-order valence-corrected chi connectivity index (χ1v) is 5.78. The number of hydrogen-bond donors (Lipinski definition) is 0. The average molecular weight is 192 g/mol. The molecule has 0 amide bonds. The molecule has 0 aromatic heterocycles. The van der Waals surface area contributed by atoms with Gasteiger partial charge in [0.15, 0.2) is 0 Å². The fourth-order valence-electron chi connectivity index (χ4n) is 2.32. The van der Waals surface area contributed by atoms with Gasteiger partial charge in [-0.25, -0.2) is 0 Å². The Morgan fingerprint density at radius 1 is 1.43 bits per heavy atom. The van der Waals surface area contributed by atoms with Gasteiger partial charge in [0.25, 0.3) is 0 Å². The van der Waals surface area contributed by atoms with Crippen LogP contribution in [0.3, 0.4) is 0 Å². The molecule has 80 valence electrons. The van der Waals surface area contributed by atoms with E-state index in [1.807, 2.05) is 0 Å². The summed E-state index contributed by atoms with van der Waals surface area (Å²) in [5.74, 6) is 1.32. The summed E-state index contributed by atoms with van der Waals surface area (Å²) in [6.45, 7) is 11.5. The van der Waals surface area contributed by atoms with Crippen LogP contribution in [0.25, 0.3) is 0 Å². The molecule has 1 aliphatic carbocycles. The summed E-state index contributed by atoms with van der Waals surface area (Å²) in [7, 11) is 0. The largest absolute Gasteiger partial charge is 0.0853 e. The van der Waals surface area contributed by atoms with Crippen molar-refractivity contribution in [3.05, 3.63) is 23.8 Å². The van der Waals surface area contributed by atoms with Gasteiger partial charge in [-0.3, -0.25) is 0 Å². The molecule has 1 rings (SSSR count). The van der Waals surface area contributed by atoms with Crippen molar-refractivity contribution in [1.82, 2.24) is 0 Å². The summed E-state index contributed by atoms with van der Waals surface area (Å²) in [6, 6.07) is 0. The second-order valence-corrected chi connectivity index (χ2v) is 5.58. The minimum Gasteiger partial charge on any atom is -0.0853 e. The van der Waals surface area contributed by atoms with E-state index < -0.39 is 0 Å². The summed E-state index contributed by atoms with van der Waals surface area (Å²) in [5.41, 5.74) is 2.00. The van der Waals surface area contributed by atoms with Gasteiger partial charge in [-0.2, -0.15) is 0 Å². The predicted molar refractivity (Wildman–Crippen MR) is 64.2 cm³/mol. The lowest BCUT2D eigenvalue weighted by atomic mass is 9.68. The van der Waals surface area contributed by atoms with Gasteiger partial charge in [-0.05, 0) is 31.1 Å². The van der Waals surface area contributed by atoms with E-state index >= 15 is 0 Å². The highest BCUT2D eigenvalue weighted by Crippen LogP contribution is 2.41. The lowest BCUT2D eigenvalue weighted by Crippen LogP contribution is -2.26. The Balaban J connectivity index is 2.81. The van der Waals surface area contributed by atoms with Crippen molar-refractivity contribution < 1.29 is 0 Å². The zero-order valence-electron chi connectivity index (χ0n) is 10.3. The monoisotopic (exact) mass is 192 g/mol. The van der Waals surface area contributed by atoms with E-state index in [2.05, 4.69) is 52.8 Å². The summed E-state index contributed by atoms with van der Waals surface area (Å²) in [6.07, 6.45) is 9.73. The molecule has 0 N–H and O–H groups in total. The van der Waals surface area contributed by atoms with Gasteiger partial charge >= 0.3 is 0 Å². The van der Waals surface area contributed by atoms with E-state index in [4.69, 9.17) is 0 Å². The molecule has 0 spiro atoms. The first-order chi connectivity index (χ1) is 6.43. The molecule has 0 aromatic carbocycles. The van der Waals surface area contributed by atoms with Crippen LogP contribution in [-0.2, 0) is 0 Å². The smallest absolute Gasteiger partial charge is 0.00254 e. The topological polar surface area (TPSA) is 0 Å². The lowest BCUT2D eigenvalue weighted by molar-refractivity contribution is 0.255. The molecule has 0 saturated carbocycles. The van der Waals surface area contributed by atoms with Crippen LogP contribution in [0, 0.1) is 17.3 Å². The summed E-state index contributed by atoms with van der Waals surface area (Å²) >= 11 is 0. The summed E-state index contributed by atoms with van der Waals surface area (Å²) < 4.78 is 0. The van der Waals surface area contributed by atoms with E-state index in [0.717, 1.165) is 0 Å². The van der Waals surface area contributed by atoms with E-state index in [1.54, 1.807) is 5.57 Å². The standard InChI is InChI=1S/C14H24/c1-11(2)8-9-13-12(3)7-6-10-14(13,4)5/h7-9,11,13H,6,10H2,1-5H3/b9-8+. The molecule has 0 fully saturated rings. The second-order valence-electron chi connectivity index (χ2n) is 5.58. The molecule has 0 radical (unpaired) electrons. The summed E-state index contributed by atoms with van der Waals surface area (Å²) in [5, 5.41) is 0.